The maximum Gasteiger partial charge on any atom is 0.275 e. The second-order valence-electron chi connectivity index (χ2n) is 5.40. The maximum atomic E-state index is 12.0. The van der Waals surface area contributed by atoms with E-state index in [0.717, 1.165) is 0 Å². The normalized spacial score (nSPS) is 11.0. The van der Waals surface area contributed by atoms with E-state index in [1.54, 1.807) is 38.3 Å². The number of hydrogen-bond donors (Lipinski definition) is 3. The van der Waals surface area contributed by atoms with E-state index in [1.165, 1.54) is 18.2 Å². The van der Waals surface area contributed by atoms with Crippen molar-refractivity contribution >= 4 is 34.8 Å². The molecule has 0 aliphatic heterocycles. The maximum absolute atomic E-state index is 12.0. The van der Waals surface area contributed by atoms with Gasteiger partial charge in [0.2, 0.25) is 5.91 Å². The number of aromatic hydroxyl groups is 1. The number of rotatable bonds is 6. The molecule has 2 aromatic carbocycles. The zero-order chi connectivity index (χ0) is 19.1. The van der Waals surface area contributed by atoms with Crippen molar-refractivity contribution in [3.63, 3.8) is 0 Å². The van der Waals surface area contributed by atoms with Gasteiger partial charge in [0, 0.05) is 16.4 Å². The van der Waals surface area contributed by atoms with Crippen LogP contribution in [0.15, 0.2) is 47.6 Å². The van der Waals surface area contributed by atoms with Crippen molar-refractivity contribution in [2.75, 3.05) is 12.4 Å². The molecule has 0 saturated heterocycles. The lowest BCUT2D eigenvalue weighted by Crippen LogP contribution is -2.21. The first-order valence-electron chi connectivity index (χ1n) is 7.65. The standard InChI is InChI=1S/C18H18ClN3O4/c1-11(9-17(24)20-13-4-6-14(26-2)7-5-13)21-22-18(25)15-10-12(19)3-8-16(15)23/h3-8,10,23H,9H2,1-2H3,(H,20,24)(H,22,25). The quantitative estimate of drug-likeness (QED) is 0.533. The van der Waals surface area contributed by atoms with Crippen molar-refractivity contribution < 1.29 is 19.4 Å². The smallest absolute Gasteiger partial charge is 0.275 e. The number of nitrogens with zero attached hydrogens (tertiary/aromatic N) is 1. The van der Waals surface area contributed by atoms with Crippen LogP contribution in [0.1, 0.15) is 23.7 Å². The minimum absolute atomic E-state index is 0.00302. The molecule has 26 heavy (non-hydrogen) atoms. The SMILES string of the molecule is COc1ccc(NC(=O)CC(C)=NNC(=O)c2cc(Cl)ccc2O)cc1. The van der Waals surface area contributed by atoms with Gasteiger partial charge in [-0.3, -0.25) is 9.59 Å². The summed E-state index contributed by atoms with van der Waals surface area (Å²) in [5.74, 6) is -0.430. The second kappa shape index (κ2) is 8.87. The molecule has 0 unspecified atom stereocenters. The summed E-state index contributed by atoms with van der Waals surface area (Å²) in [6, 6.07) is 11.0. The molecule has 136 valence electrons. The molecular formula is C18H18ClN3O4. The Kier molecular flexibility index (Phi) is 6.57. The molecule has 0 spiro atoms. The number of anilines is 1. The Labute approximate surface area is 155 Å². The van der Waals surface area contributed by atoms with Crippen LogP contribution in [0.3, 0.4) is 0 Å². The zero-order valence-electron chi connectivity index (χ0n) is 14.2. The molecule has 7 nitrogen and oxygen atoms in total. The fraction of sp³-hybridized carbons (Fsp3) is 0.167. The summed E-state index contributed by atoms with van der Waals surface area (Å²) >= 11 is 5.80. The van der Waals surface area contributed by atoms with Crippen molar-refractivity contribution in [3.05, 3.63) is 53.1 Å². The van der Waals surface area contributed by atoms with Gasteiger partial charge in [0.15, 0.2) is 0 Å². The number of nitrogens with one attached hydrogen (secondary N) is 2. The molecule has 0 aliphatic rings. The largest absolute Gasteiger partial charge is 0.507 e. The highest BCUT2D eigenvalue weighted by molar-refractivity contribution is 6.31. The van der Waals surface area contributed by atoms with Crippen LogP contribution in [-0.2, 0) is 4.79 Å². The van der Waals surface area contributed by atoms with Crippen LogP contribution in [0.2, 0.25) is 5.02 Å². The Balaban J connectivity index is 1.91. The van der Waals surface area contributed by atoms with E-state index < -0.39 is 5.91 Å². The fourth-order valence-electron chi connectivity index (χ4n) is 2.05. The van der Waals surface area contributed by atoms with E-state index in [1.807, 2.05) is 0 Å². The van der Waals surface area contributed by atoms with Gasteiger partial charge in [-0.05, 0) is 49.4 Å². The summed E-state index contributed by atoms with van der Waals surface area (Å²) in [6.45, 7) is 1.60. The molecule has 0 fully saturated rings. The molecule has 8 heteroatoms. The number of halogens is 1. The Bertz CT molecular complexity index is 835. The first-order valence-corrected chi connectivity index (χ1v) is 8.02. The predicted molar refractivity (Wildman–Crippen MR) is 99.9 cm³/mol. The van der Waals surface area contributed by atoms with E-state index >= 15 is 0 Å². The molecule has 0 aliphatic carbocycles. The number of benzene rings is 2. The van der Waals surface area contributed by atoms with Crippen molar-refractivity contribution in [2.45, 2.75) is 13.3 Å². The van der Waals surface area contributed by atoms with Gasteiger partial charge < -0.3 is 15.2 Å². The molecule has 2 amide bonds. The number of amides is 2. The molecule has 0 aromatic heterocycles. The molecule has 0 radical (unpaired) electrons. The number of ether oxygens (including phenoxy) is 1. The second-order valence-corrected chi connectivity index (χ2v) is 5.84. The zero-order valence-corrected chi connectivity index (χ0v) is 15.0. The van der Waals surface area contributed by atoms with Gasteiger partial charge >= 0.3 is 0 Å². The number of carbonyl (C=O) groups excluding carboxylic acids is 2. The van der Waals surface area contributed by atoms with E-state index in [-0.39, 0.29) is 23.6 Å². The van der Waals surface area contributed by atoms with Gasteiger partial charge in [-0.15, -0.1) is 0 Å². The van der Waals surface area contributed by atoms with Crippen LogP contribution in [0.4, 0.5) is 5.69 Å². The molecule has 2 aromatic rings. The number of carbonyl (C=O) groups is 2. The Hall–Kier alpha value is -3.06. The highest BCUT2D eigenvalue weighted by Crippen LogP contribution is 2.21. The van der Waals surface area contributed by atoms with Crippen molar-refractivity contribution in [3.8, 4) is 11.5 Å². The summed E-state index contributed by atoms with van der Waals surface area (Å²) < 4.78 is 5.05. The molecule has 3 N–H and O–H groups in total. The molecular weight excluding hydrogens is 358 g/mol. The highest BCUT2D eigenvalue weighted by Gasteiger charge is 2.12. The number of methoxy groups -OCH3 is 1. The predicted octanol–water partition coefficient (Wildman–Crippen LogP) is 3.19. The molecule has 0 saturated carbocycles. The first kappa shape index (κ1) is 19.3. The number of phenolic OH excluding ortho intramolecular Hbond substituents is 1. The lowest BCUT2D eigenvalue weighted by atomic mass is 10.2. The van der Waals surface area contributed by atoms with Gasteiger partial charge in [0.25, 0.3) is 5.91 Å². The van der Waals surface area contributed by atoms with Crippen molar-refractivity contribution in [1.82, 2.24) is 5.43 Å². The van der Waals surface area contributed by atoms with Crippen LogP contribution in [-0.4, -0.2) is 29.7 Å². The summed E-state index contributed by atoms with van der Waals surface area (Å²) in [5.41, 5.74) is 3.30. The third kappa shape index (κ3) is 5.49. The first-order chi connectivity index (χ1) is 12.4. The third-order valence-electron chi connectivity index (χ3n) is 3.34. The van der Waals surface area contributed by atoms with Crippen LogP contribution in [0, 0.1) is 0 Å². The molecule has 2 rings (SSSR count). The van der Waals surface area contributed by atoms with Gasteiger partial charge in [-0.2, -0.15) is 5.10 Å². The molecule has 0 heterocycles. The van der Waals surface area contributed by atoms with E-state index in [2.05, 4.69) is 15.8 Å². The number of hydrogen-bond acceptors (Lipinski definition) is 5. The van der Waals surface area contributed by atoms with Crippen molar-refractivity contribution in [1.29, 1.82) is 0 Å². The van der Waals surface area contributed by atoms with Gasteiger partial charge in [-0.1, -0.05) is 11.6 Å². The minimum atomic E-state index is -0.625. The van der Waals surface area contributed by atoms with E-state index in [0.29, 0.717) is 22.2 Å². The number of hydrazone groups is 1. The van der Waals surface area contributed by atoms with Crippen LogP contribution < -0.4 is 15.5 Å². The summed E-state index contributed by atoms with van der Waals surface area (Å²) in [6.07, 6.45) is -0.00611. The lowest BCUT2D eigenvalue weighted by molar-refractivity contribution is -0.115. The Morgan fingerprint density at radius 2 is 1.88 bits per heavy atom. The van der Waals surface area contributed by atoms with E-state index in [9.17, 15) is 14.7 Å². The topological polar surface area (TPSA) is 100 Å². The fourth-order valence-corrected chi connectivity index (χ4v) is 2.22. The van der Waals surface area contributed by atoms with Crippen LogP contribution >= 0.6 is 11.6 Å². The monoisotopic (exact) mass is 375 g/mol. The minimum Gasteiger partial charge on any atom is -0.507 e. The molecule has 0 bridgehead atoms. The van der Waals surface area contributed by atoms with Gasteiger partial charge in [0.1, 0.15) is 11.5 Å². The average Bonchev–Trinajstić information content (AvgIpc) is 2.62. The van der Waals surface area contributed by atoms with Gasteiger partial charge in [-0.25, -0.2) is 5.43 Å². The van der Waals surface area contributed by atoms with E-state index in [4.69, 9.17) is 16.3 Å². The highest BCUT2D eigenvalue weighted by atomic mass is 35.5. The average molecular weight is 376 g/mol. The van der Waals surface area contributed by atoms with Crippen LogP contribution in [0.5, 0.6) is 11.5 Å². The Morgan fingerprint density at radius 1 is 1.19 bits per heavy atom. The van der Waals surface area contributed by atoms with Crippen LogP contribution in [0.25, 0.3) is 0 Å². The summed E-state index contributed by atoms with van der Waals surface area (Å²) in [7, 11) is 1.56. The molecule has 0 atom stereocenters. The summed E-state index contributed by atoms with van der Waals surface area (Å²) in [4.78, 5) is 24.0. The number of phenols is 1. The summed E-state index contributed by atoms with van der Waals surface area (Å²) in [5, 5.41) is 16.6. The Morgan fingerprint density at radius 3 is 2.54 bits per heavy atom. The lowest BCUT2D eigenvalue weighted by Gasteiger charge is -2.07. The third-order valence-corrected chi connectivity index (χ3v) is 3.58. The van der Waals surface area contributed by atoms with Gasteiger partial charge in [0.05, 0.1) is 19.1 Å². The van der Waals surface area contributed by atoms with Crippen molar-refractivity contribution in [2.24, 2.45) is 5.10 Å².